The molecule has 7 heteroatoms. The number of hydrogen-bond acceptors (Lipinski definition) is 6. The van der Waals surface area contributed by atoms with Gasteiger partial charge in [-0.3, -0.25) is 10.1 Å². The lowest BCUT2D eigenvalue weighted by molar-refractivity contribution is -0.118. The molecule has 0 aromatic heterocycles. The first-order valence-corrected chi connectivity index (χ1v) is 10.6. The molecule has 1 aromatic rings. The second-order valence-electron chi connectivity index (χ2n) is 7.89. The lowest BCUT2D eigenvalue weighted by Gasteiger charge is -2.37. The maximum Gasteiger partial charge on any atom is 0.217 e. The van der Waals surface area contributed by atoms with Crippen molar-refractivity contribution in [1.82, 2.24) is 21.3 Å². The molecule has 1 amide bonds. The summed E-state index contributed by atoms with van der Waals surface area (Å²) >= 11 is 0. The standard InChI is InChI=1S/C23H34N4O3/c1-17(28)25-16-19-9-13-27-23(15-19,26-12-8-18-6-10-24-11-7-18)21-5-4-20(29-2)14-22(21)30-3/h4-5,9,13-15,18,24,26-27H,6-8,10-12,16H2,1-3H3,(H,25,28). The molecule has 2 aliphatic heterocycles. The zero-order chi connectivity index (χ0) is 21.4. The van der Waals surface area contributed by atoms with Gasteiger partial charge in [0.2, 0.25) is 5.91 Å². The largest absolute Gasteiger partial charge is 0.497 e. The van der Waals surface area contributed by atoms with E-state index in [4.69, 9.17) is 9.47 Å². The fourth-order valence-corrected chi connectivity index (χ4v) is 4.11. The smallest absolute Gasteiger partial charge is 0.217 e. The third kappa shape index (κ3) is 5.55. The van der Waals surface area contributed by atoms with Crippen molar-refractivity contribution >= 4 is 5.91 Å². The summed E-state index contributed by atoms with van der Waals surface area (Å²) < 4.78 is 11.1. The Balaban J connectivity index is 1.86. The van der Waals surface area contributed by atoms with Crippen molar-refractivity contribution in [3.63, 3.8) is 0 Å². The van der Waals surface area contributed by atoms with Crippen LogP contribution < -0.4 is 30.7 Å². The van der Waals surface area contributed by atoms with E-state index in [-0.39, 0.29) is 5.91 Å². The number of rotatable bonds is 9. The first-order chi connectivity index (χ1) is 14.6. The molecule has 0 aliphatic carbocycles. The minimum absolute atomic E-state index is 0.0469. The highest BCUT2D eigenvalue weighted by atomic mass is 16.5. The van der Waals surface area contributed by atoms with E-state index < -0.39 is 5.66 Å². The van der Waals surface area contributed by atoms with Gasteiger partial charge < -0.3 is 25.4 Å². The Morgan fingerprint density at radius 1 is 1.23 bits per heavy atom. The fraction of sp³-hybridized carbons (Fsp3) is 0.522. The van der Waals surface area contributed by atoms with Gasteiger partial charge in [-0.2, -0.15) is 0 Å². The molecule has 0 saturated carbocycles. The first-order valence-electron chi connectivity index (χ1n) is 10.6. The summed E-state index contributed by atoms with van der Waals surface area (Å²) in [6, 6.07) is 5.86. The molecular weight excluding hydrogens is 380 g/mol. The molecule has 7 nitrogen and oxygen atoms in total. The number of carbonyl (C=O) groups is 1. The van der Waals surface area contributed by atoms with Crippen LogP contribution in [0.5, 0.6) is 11.5 Å². The topological polar surface area (TPSA) is 83.7 Å². The predicted molar refractivity (Wildman–Crippen MR) is 118 cm³/mol. The van der Waals surface area contributed by atoms with Crippen molar-refractivity contribution in [3.05, 3.63) is 47.7 Å². The number of piperidine rings is 1. The maximum absolute atomic E-state index is 11.4. The number of hydrogen-bond donors (Lipinski definition) is 4. The van der Waals surface area contributed by atoms with E-state index in [0.717, 1.165) is 54.6 Å². The average molecular weight is 415 g/mol. The van der Waals surface area contributed by atoms with Crippen LogP contribution in [0.2, 0.25) is 0 Å². The van der Waals surface area contributed by atoms with Gasteiger partial charge in [0.15, 0.2) is 0 Å². The minimum atomic E-state index is -0.632. The van der Waals surface area contributed by atoms with Crippen LogP contribution in [0.3, 0.4) is 0 Å². The lowest BCUT2D eigenvalue weighted by Crippen LogP contribution is -2.53. The molecule has 0 spiro atoms. The van der Waals surface area contributed by atoms with E-state index in [1.807, 2.05) is 30.5 Å². The molecule has 30 heavy (non-hydrogen) atoms. The van der Waals surface area contributed by atoms with Crippen LogP contribution in [-0.4, -0.2) is 46.3 Å². The third-order valence-corrected chi connectivity index (χ3v) is 5.80. The van der Waals surface area contributed by atoms with E-state index in [9.17, 15) is 4.79 Å². The molecule has 4 N–H and O–H groups in total. The van der Waals surface area contributed by atoms with Gasteiger partial charge in [-0.25, -0.2) is 0 Å². The first kappa shape index (κ1) is 22.2. The van der Waals surface area contributed by atoms with Gasteiger partial charge in [-0.1, -0.05) is 0 Å². The van der Waals surface area contributed by atoms with Crippen molar-refractivity contribution < 1.29 is 14.3 Å². The highest BCUT2D eigenvalue weighted by molar-refractivity contribution is 5.73. The van der Waals surface area contributed by atoms with Crippen molar-refractivity contribution in [2.75, 3.05) is 40.4 Å². The number of carbonyl (C=O) groups excluding carboxylic acids is 1. The highest BCUT2D eigenvalue weighted by Gasteiger charge is 2.34. The Bertz CT molecular complexity index is 787. The average Bonchev–Trinajstić information content (AvgIpc) is 2.78. The van der Waals surface area contributed by atoms with Gasteiger partial charge in [-0.15, -0.1) is 0 Å². The fourth-order valence-electron chi connectivity index (χ4n) is 4.11. The van der Waals surface area contributed by atoms with Gasteiger partial charge in [-0.05, 0) is 80.9 Å². The van der Waals surface area contributed by atoms with E-state index in [2.05, 4.69) is 27.3 Å². The van der Waals surface area contributed by atoms with Crippen LogP contribution in [0.4, 0.5) is 0 Å². The number of dihydropyridines is 1. The van der Waals surface area contributed by atoms with Crippen molar-refractivity contribution in [1.29, 1.82) is 0 Å². The molecule has 1 aromatic carbocycles. The number of nitrogens with one attached hydrogen (secondary N) is 4. The third-order valence-electron chi connectivity index (χ3n) is 5.80. The molecule has 3 rings (SSSR count). The second kappa shape index (κ2) is 10.5. The predicted octanol–water partition coefficient (Wildman–Crippen LogP) is 2.02. The highest BCUT2D eigenvalue weighted by Crippen LogP contribution is 2.35. The SMILES string of the molecule is COc1ccc(C2(NCCC3CCNCC3)C=C(CNC(C)=O)C=CN2)c(OC)c1. The number of ether oxygens (including phenoxy) is 2. The van der Waals surface area contributed by atoms with Crippen LogP contribution in [0, 0.1) is 5.92 Å². The molecule has 2 aliphatic rings. The molecule has 1 fully saturated rings. The summed E-state index contributed by atoms with van der Waals surface area (Å²) in [6.07, 6.45) is 9.60. The van der Waals surface area contributed by atoms with Crippen molar-refractivity contribution in [3.8, 4) is 11.5 Å². The summed E-state index contributed by atoms with van der Waals surface area (Å²) in [4.78, 5) is 11.4. The molecule has 1 atom stereocenters. The van der Waals surface area contributed by atoms with Gasteiger partial charge in [0.25, 0.3) is 0 Å². The number of benzene rings is 1. The number of methoxy groups -OCH3 is 2. The summed E-state index contributed by atoms with van der Waals surface area (Å²) in [5.41, 5.74) is 1.37. The molecule has 1 saturated heterocycles. The Kier molecular flexibility index (Phi) is 7.76. The Labute approximate surface area is 179 Å². The molecule has 0 radical (unpaired) electrons. The maximum atomic E-state index is 11.4. The minimum Gasteiger partial charge on any atom is -0.497 e. The Morgan fingerprint density at radius 3 is 2.73 bits per heavy atom. The van der Waals surface area contributed by atoms with E-state index in [0.29, 0.717) is 6.54 Å². The van der Waals surface area contributed by atoms with Gasteiger partial charge >= 0.3 is 0 Å². The van der Waals surface area contributed by atoms with Gasteiger partial charge in [0, 0.05) is 25.1 Å². The Morgan fingerprint density at radius 2 is 2.03 bits per heavy atom. The Hall–Kier alpha value is -2.51. The van der Waals surface area contributed by atoms with Crippen LogP contribution in [0.1, 0.15) is 31.7 Å². The quantitative estimate of drug-likeness (QED) is 0.495. The molecule has 164 valence electrons. The number of amides is 1. The van der Waals surface area contributed by atoms with E-state index in [1.165, 1.54) is 19.8 Å². The van der Waals surface area contributed by atoms with Crippen LogP contribution >= 0.6 is 0 Å². The zero-order valence-electron chi connectivity index (χ0n) is 18.2. The van der Waals surface area contributed by atoms with Crippen molar-refractivity contribution in [2.45, 2.75) is 31.8 Å². The summed E-state index contributed by atoms with van der Waals surface area (Å²) in [5.74, 6) is 2.17. The summed E-state index contributed by atoms with van der Waals surface area (Å²) in [6.45, 7) is 5.07. The molecule has 0 bridgehead atoms. The van der Waals surface area contributed by atoms with Crippen LogP contribution in [-0.2, 0) is 10.5 Å². The molecular formula is C23H34N4O3. The van der Waals surface area contributed by atoms with E-state index >= 15 is 0 Å². The van der Waals surface area contributed by atoms with Gasteiger partial charge in [0.05, 0.1) is 14.2 Å². The van der Waals surface area contributed by atoms with Crippen molar-refractivity contribution in [2.24, 2.45) is 5.92 Å². The van der Waals surface area contributed by atoms with Gasteiger partial charge in [0.1, 0.15) is 17.2 Å². The molecule has 1 unspecified atom stereocenters. The normalized spacial score (nSPS) is 21.5. The lowest BCUT2D eigenvalue weighted by atomic mass is 9.91. The second-order valence-corrected chi connectivity index (χ2v) is 7.89. The van der Waals surface area contributed by atoms with Crippen LogP contribution in [0.25, 0.3) is 0 Å². The van der Waals surface area contributed by atoms with Crippen LogP contribution in [0.15, 0.2) is 42.1 Å². The summed E-state index contributed by atoms with van der Waals surface area (Å²) in [5, 5.41) is 13.6. The summed E-state index contributed by atoms with van der Waals surface area (Å²) in [7, 11) is 3.32. The monoisotopic (exact) mass is 414 g/mol. The molecule has 2 heterocycles. The van der Waals surface area contributed by atoms with E-state index in [1.54, 1.807) is 14.2 Å². The zero-order valence-corrected chi connectivity index (χ0v) is 18.2.